The largest absolute Gasteiger partial charge is 0.207 e. The molecule has 0 aromatic heterocycles. The van der Waals surface area contributed by atoms with Crippen molar-refractivity contribution in [3.05, 3.63) is 23.0 Å². The van der Waals surface area contributed by atoms with E-state index < -0.39 is 0 Å². The lowest BCUT2D eigenvalue weighted by Gasteiger charge is -1.94. The molecule has 0 aromatic rings. The van der Waals surface area contributed by atoms with Gasteiger partial charge in [-0.2, -0.15) is 0 Å². The highest BCUT2D eigenvalue weighted by Crippen LogP contribution is 2.10. The fourth-order valence-corrected chi connectivity index (χ4v) is 0.463. The van der Waals surface area contributed by atoms with Gasteiger partial charge in [-0.3, -0.25) is 0 Å². The van der Waals surface area contributed by atoms with Crippen molar-refractivity contribution in [1.82, 2.24) is 0 Å². The average molecular weight is 142 g/mol. The van der Waals surface area contributed by atoms with Crippen molar-refractivity contribution in [2.24, 2.45) is 0 Å². The Morgan fingerprint density at radius 1 is 1.30 bits per heavy atom. The van der Waals surface area contributed by atoms with Crippen molar-refractivity contribution in [2.45, 2.75) is 34.1 Å². The van der Waals surface area contributed by atoms with Crippen LogP contribution in [-0.2, 0) is 0 Å². The molecule has 0 N–H and O–H groups in total. The van der Waals surface area contributed by atoms with Crippen molar-refractivity contribution in [2.75, 3.05) is 0 Å². The molecule has 0 aromatic carbocycles. The first kappa shape index (κ1) is 9.41. The molecule has 0 bridgehead atoms. The smallest absolute Gasteiger partial charge is 0.121 e. The highest BCUT2D eigenvalue weighted by molar-refractivity contribution is 5.20. The first-order valence-electron chi connectivity index (χ1n) is 3.58. The van der Waals surface area contributed by atoms with Gasteiger partial charge in [0.05, 0.1) is 0 Å². The summed E-state index contributed by atoms with van der Waals surface area (Å²) in [5.74, 6) is -0.0978. The second-order valence-electron chi connectivity index (χ2n) is 2.69. The summed E-state index contributed by atoms with van der Waals surface area (Å²) in [6, 6.07) is 0. The number of halogens is 1. The Kier molecular flexibility index (Phi) is 4.01. The molecule has 0 nitrogen and oxygen atoms in total. The maximum Gasteiger partial charge on any atom is 0.121 e. The molecular weight excluding hydrogens is 127 g/mol. The van der Waals surface area contributed by atoms with Crippen LogP contribution in [-0.4, -0.2) is 0 Å². The topological polar surface area (TPSA) is 0 Å². The predicted octanol–water partition coefficient (Wildman–Crippen LogP) is 3.61. The number of hydrogen-bond acceptors (Lipinski definition) is 0. The third-order valence-corrected chi connectivity index (χ3v) is 1.41. The minimum absolute atomic E-state index is 0.0978. The van der Waals surface area contributed by atoms with Gasteiger partial charge in [-0.25, -0.2) is 4.39 Å². The third kappa shape index (κ3) is 3.44. The molecule has 10 heavy (non-hydrogen) atoms. The Balaban J connectivity index is 4.27. The average Bonchev–Trinajstić information content (AvgIpc) is 1.87. The molecule has 0 aliphatic rings. The summed E-state index contributed by atoms with van der Waals surface area (Å²) >= 11 is 0. The Labute approximate surface area is 62.4 Å². The van der Waals surface area contributed by atoms with Crippen molar-refractivity contribution in [3.8, 4) is 0 Å². The van der Waals surface area contributed by atoms with Crippen molar-refractivity contribution < 1.29 is 4.39 Å². The summed E-state index contributed by atoms with van der Waals surface area (Å²) in [5, 5.41) is 0. The SMILES string of the molecule is CC/C(C)=C/C(F)=C(C)C. The van der Waals surface area contributed by atoms with Crippen LogP contribution in [0.25, 0.3) is 0 Å². The highest BCUT2D eigenvalue weighted by Gasteiger charge is 1.92. The van der Waals surface area contributed by atoms with Crippen LogP contribution < -0.4 is 0 Å². The van der Waals surface area contributed by atoms with Gasteiger partial charge in [-0.15, -0.1) is 0 Å². The van der Waals surface area contributed by atoms with Crippen LogP contribution in [0, 0.1) is 0 Å². The molecular formula is C9H15F. The van der Waals surface area contributed by atoms with Crippen LogP contribution in [0.4, 0.5) is 4.39 Å². The van der Waals surface area contributed by atoms with E-state index in [1.165, 1.54) is 0 Å². The predicted molar refractivity (Wildman–Crippen MR) is 43.5 cm³/mol. The Hall–Kier alpha value is -0.590. The van der Waals surface area contributed by atoms with E-state index in [4.69, 9.17) is 0 Å². The van der Waals surface area contributed by atoms with Gasteiger partial charge in [0, 0.05) is 0 Å². The van der Waals surface area contributed by atoms with E-state index in [0.717, 1.165) is 17.6 Å². The Bertz CT molecular complexity index is 160. The summed E-state index contributed by atoms with van der Waals surface area (Å²) in [5.41, 5.74) is 1.83. The van der Waals surface area contributed by atoms with Gasteiger partial charge in [0.25, 0.3) is 0 Å². The first-order chi connectivity index (χ1) is 4.57. The van der Waals surface area contributed by atoms with Crippen molar-refractivity contribution >= 4 is 0 Å². The van der Waals surface area contributed by atoms with E-state index in [1.807, 2.05) is 13.8 Å². The maximum absolute atomic E-state index is 12.8. The van der Waals surface area contributed by atoms with E-state index in [9.17, 15) is 4.39 Å². The molecule has 0 fully saturated rings. The minimum atomic E-state index is -0.0978. The summed E-state index contributed by atoms with van der Waals surface area (Å²) in [6.07, 6.45) is 2.51. The van der Waals surface area contributed by atoms with Crippen molar-refractivity contribution in [3.63, 3.8) is 0 Å². The monoisotopic (exact) mass is 142 g/mol. The molecule has 0 radical (unpaired) electrons. The fraction of sp³-hybridized carbons (Fsp3) is 0.556. The van der Waals surface area contributed by atoms with Crippen LogP contribution in [0.1, 0.15) is 34.1 Å². The van der Waals surface area contributed by atoms with E-state index in [1.54, 1.807) is 19.9 Å². The summed E-state index contributed by atoms with van der Waals surface area (Å²) in [4.78, 5) is 0. The third-order valence-electron chi connectivity index (χ3n) is 1.41. The molecule has 0 amide bonds. The lowest BCUT2D eigenvalue weighted by atomic mass is 10.2. The first-order valence-corrected chi connectivity index (χ1v) is 3.58. The summed E-state index contributed by atoms with van der Waals surface area (Å²) in [6.45, 7) is 7.50. The molecule has 0 saturated heterocycles. The normalized spacial score (nSPS) is 11.5. The van der Waals surface area contributed by atoms with Gasteiger partial charge in [-0.1, -0.05) is 12.5 Å². The van der Waals surface area contributed by atoms with Crippen LogP contribution in [0.2, 0.25) is 0 Å². The van der Waals surface area contributed by atoms with Gasteiger partial charge in [0.15, 0.2) is 0 Å². The van der Waals surface area contributed by atoms with Gasteiger partial charge in [-0.05, 0) is 38.8 Å². The van der Waals surface area contributed by atoms with E-state index >= 15 is 0 Å². The van der Waals surface area contributed by atoms with Crippen LogP contribution in [0.3, 0.4) is 0 Å². The molecule has 0 aliphatic heterocycles. The molecule has 0 heterocycles. The summed E-state index contributed by atoms with van der Waals surface area (Å²) in [7, 11) is 0. The van der Waals surface area contributed by atoms with E-state index in [2.05, 4.69) is 0 Å². The van der Waals surface area contributed by atoms with Crippen LogP contribution >= 0.6 is 0 Å². The van der Waals surface area contributed by atoms with Gasteiger partial charge in [0.1, 0.15) is 5.83 Å². The molecule has 0 unspecified atom stereocenters. The van der Waals surface area contributed by atoms with Gasteiger partial charge < -0.3 is 0 Å². The fourth-order valence-electron chi connectivity index (χ4n) is 0.463. The summed E-state index contributed by atoms with van der Waals surface area (Å²) < 4.78 is 12.8. The Morgan fingerprint density at radius 3 is 2.10 bits per heavy atom. The minimum Gasteiger partial charge on any atom is -0.207 e. The zero-order chi connectivity index (χ0) is 8.15. The highest BCUT2D eigenvalue weighted by atomic mass is 19.1. The molecule has 0 spiro atoms. The van der Waals surface area contributed by atoms with Gasteiger partial charge >= 0.3 is 0 Å². The number of allylic oxidation sites excluding steroid dienone is 4. The Morgan fingerprint density at radius 2 is 1.80 bits per heavy atom. The molecule has 0 saturated carbocycles. The zero-order valence-corrected chi connectivity index (χ0v) is 7.16. The molecule has 0 rings (SSSR count). The second kappa shape index (κ2) is 4.26. The molecule has 0 aliphatic carbocycles. The number of rotatable bonds is 2. The lowest BCUT2D eigenvalue weighted by molar-refractivity contribution is 0.651. The van der Waals surface area contributed by atoms with Crippen LogP contribution in [0.5, 0.6) is 0 Å². The lowest BCUT2D eigenvalue weighted by Crippen LogP contribution is -1.75. The maximum atomic E-state index is 12.8. The van der Waals surface area contributed by atoms with Crippen LogP contribution in [0.15, 0.2) is 23.0 Å². The van der Waals surface area contributed by atoms with E-state index in [-0.39, 0.29) is 5.83 Å². The molecule has 1 heteroatoms. The number of hydrogen-bond donors (Lipinski definition) is 0. The molecule has 58 valence electrons. The van der Waals surface area contributed by atoms with Gasteiger partial charge in [0.2, 0.25) is 0 Å². The van der Waals surface area contributed by atoms with E-state index in [0.29, 0.717) is 0 Å². The van der Waals surface area contributed by atoms with Crippen molar-refractivity contribution in [1.29, 1.82) is 0 Å². The molecule has 0 atom stereocenters. The standard InChI is InChI=1S/C9H15F/c1-5-8(4)6-9(10)7(2)3/h6H,5H2,1-4H3/b8-6+. The zero-order valence-electron chi connectivity index (χ0n) is 7.16. The second-order valence-corrected chi connectivity index (χ2v) is 2.69. The quantitative estimate of drug-likeness (QED) is 0.517.